The monoisotopic (exact) mass is 318 g/mol. The Labute approximate surface area is 115 Å². The standard InChI is InChI=1S/C13H16BrClO2/c1-13(2)6-7(14)10-11(13)8(15)5-9(16-3)12(10)17-4/h5,7H,6H2,1-4H3. The first-order chi connectivity index (χ1) is 7.92. The summed E-state index contributed by atoms with van der Waals surface area (Å²) in [5.74, 6) is 1.48. The van der Waals surface area contributed by atoms with Crippen molar-refractivity contribution in [3.8, 4) is 11.5 Å². The van der Waals surface area contributed by atoms with Gasteiger partial charge in [-0.15, -0.1) is 0 Å². The molecule has 1 aromatic rings. The van der Waals surface area contributed by atoms with Crippen molar-refractivity contribution >= 4 is 27.5 Å². The predicted octanol–water partition coefficient (Wildman–Crippen LogP) is 4.47. The molecule has 4 heteroatoms. The van der Waals surface area contributed by atoms with Crippen molar-refractivity contribution in [2.24, 2.45) is 0 Å². The highest BCUT2D eigenvalue weighted by Crippen LogP contribution is 2.56. The topological polar surface area (TPSA) is 18.5 Å². The molecule has 1 aliphatic carbocycles. The van der Waals surface area contributed by atoms with Gasteiger partial charge in [-0.3, -0.25) is 0 Å². The van der Waals surface area contributed by atoms with E-state index in [1.165, 1.54) is 5.56 Å². The maximum Gasteiger partial charge on any atom is 0.165 e. The summed E-state index contributed by atoms with van der Waals surface area (Å²) in [5, 5.41) is 0.754. The highest BCUT2D eigenvalue weighted by Gasteiger charge is 2.40. The molecule has 1 aliphatic rings. The number of halogens is 2. The Hall–Kier alpha value is -0.410. The minimum Gasteiger partial charge on any atom is -0.493 e. The number of hydrogen-bond acceptors (Lipinski definition) is 2. The van der Waals surface area contributed by atoms with Crippen LogP contribution in [0, 0.1) is 0 Å². The van der Waals surface area contributed by atoms with E-state index in [9.17, 15) is 0 Å². The number of ether oxygens (including phenoxy) is 2. The van der Waals surface area contributed by atoms with Crippen molar-refractivity contribution in [2.75, 3.05) is 14.2 Å². The first-order valence-corrected chi connectivity index (χ1v) is 6.80. The van der Waals surface area contributed by atoms with Gasteiger partial charge in [0, 0.05) is 21.5 Å². The SMILES string of the molecule is COc1cc(Cl)c2c(c1OC)C(Br)CC2(C)C. The lowest BCUT2D eigenvalue weighted by Gasteiger charge is -2.21. The molecule has 0 aromatic heterocycles. The van der Waals surface area contributed by atoms with E-state index < -0.39 is 0 Å². The molecule has 0 radical (unpaired) electrons. The van der Waals surface area contributed by atoms with Crippen molar-refractivity contribution < 1.29 is 9.47 Å². The summed E-state index contributed by atoms with van der Waals surface area (Å²) in [7, 11) is 3.29. The van der Waals surface area contributed by atoms with Gasteiger partial charge in [0.1, 0.15) is 0 Å². The zero-order chi connectivity index (χ0) is 12.8. The van der Waals surface area contributed by atoms with Crippen LogP contribution >= 0.6 is 27.5 Å². The van der Waals surface area contributed by atoms with Crippen LogP contribution in [0.4, 0.5) is 0 Å². The minimum absolute atomic E-state index is 0.0557. The highest BCUT2D eigenvalue weighted by molar-refractivity contribution is 9.09. The summed E-state index contributed by atoms with van der Waals surface area (Å²) in [5.41, 5.74) is 2.35. The van der Waals surface area contributed by atoms with Crippen LogP contribution in [0.2, 0.25) is 5.02 Å². The maximum atomic E-state index is 6.38. The minimum atomic E-state index is 0.0557. The summed E-state index contributed by atoms with van der Waals surface area (Å²) in [6, 6.07) is 1.84. The van der Waals surface area contributed by atoms with Gasteiger partial charge in [-0.1, -0.05) is 41.4 Å². The molecule has 0 fully saturated rings. The lowest BCUT2D eigenvalue weighted by atomic mass is 9.86. The van der Waals surface area contributed by atoms with Crippen LogP contribution in [0.3, 0.4) is 0 Å². The molecule has 0 N–H and O–H groups in total. The average molecular weight is 320 g/mol. The van der Waals surface area contributed by atoms with Crippen LogP contribution in [0.15, 0.2) is 6.07 Å². The number of hydrogen-bond donors (Lipinski definition) is 0. The summed E-state index contributed by atoms with van der Waals surface area (Å²) < 4.78 is 10.8. The molecule has 0 spiro atoms. The Morgan fingerprint density at radius 2 is 2.00 bits per heavy atom. The molecule has 0 heterocycles. The second kappa shape index (κ2) is 4.36. The lowest BCUT2D eigenvalue weighted by Crippen LogP contribution is -2.12. The van der Waals surface area contributed by atoms with Crippen LogP contribution < -0.4 is 9.47 Å². The van der Waals surface area contributed by atoms with Crippen molar-refractivity contribution in [2.45, 2.75) is 30.5 Å². The molecule has 0 bridgehead atoms. The predicted molar refractivity (Wildman–Crippen MR) is 73.9 cm³/mol. The Balaban J connectivity index is 2.76. The van der Waals surface area contributed by atoms with Crippen molar-refractivity contribution in [1.29, 1.82) is 0 Å². The van der Waals surface area contributed by atoms with Gasteiger partial charge in [0.15, 0.2) is 11.5 Å². The summed E-state index contributed by atoms with van der Waals surface area (Å²) >= 11 is 10.1. The first kappa shape index (κ1) is 13.0. The molecule has 0 saturated carbocycles. The summed E-state index contributed by atoms with van der Waals surface area (Å²) in [6.07, 6.45) is 1.01. The molecule has 0 saturated heterocycles. The fourth-order valence-corrected chi connectivity index (χ4v) is 4.33. The molecule has 1 aromatic carbocycles. The second-order valence-electron chi connectivity index (χ2n) is 4.94. The van der Waals surface area contributed by atoms with E-state index in [0.29, 0.717) is 5.75 Å². The molecule has 94 valence electrons. The Bertz CT molecular complexity index is 457. The molecule has 1 atom stereocenters. The van der Waals surface area contributed by atoms with Crippen molar-refractivity contribution in [3.63, 3.8) is 0 Å². The quantitative estimate of drug-likeness (QED) is 0.749. The zero-order valence-corrected chi connectivity index (χ0v) is 12.8. The zero-order valence-electron chi connectivity index (χ0n) is 10.4. The van der Waals surface area contributed by atoms with Crippen LogP contribution in [0.25, 0.3) is 0 Å². The van der Waals surface area contributed by atoms with Crippen LogP contribution in [-0.4, -0.2) is 14.2 Å². The average Bonchev–Trinajstić information content (AvgIpc) is 2.49. The van der Waals surface area contributed by atoms with Gasteiger partial charge in [-0.2, -0.15) is 0 Å². The van der Waals surface area contributed by atoms with Crippen molar-refractivity contribution in [3.05, 3.63) is 22.2 Å². The number of methoxy groups -OCH3 is 2. The third-order valence-electron chi connectivity index (χ3n) is 3.34. The Morgan fingerprint density at radius 1 is 1.35 bits per heavy atom. The third kappa shape index (κ3) is 1.93. The number of fused-ring (bicyclic) bond motifs is 1. The van der Waals surface area contributed by atoms with E-state index in [1.807, 2.05) is 6.07 Å². The van der Waals surface area contributed by atoms with E-state index in [4.69, 9.17) is 21.1 Å². The summed E-state index contributed by atoms with van der Waals surface area (Å²) in [4.78, 5) is 0.259. The Kier molecular flexibility index (Phi) is 3.34. The lowest BCUT2D eigenvalue weighted by molar-refractivity contribution is 0.352. The van der Waals surface area contributed by atoms with Gasteiger partial charge >= 0.3 is 0 Å². The van der Waals surface area contributed by atoms with E-state index in [2.05, 4.69) is 29.8 Å². The number of rotatable bonds is 2. The van der Waals surface area contributed by atoms with Gasteiger partial charge in [-0.25, -0.2) is 0 Å². The fraction of sp³-hybridized carbons (Fsp3) is 0.538. The molecular weight excluding hydrogens is 303 g/mol. The summed E-state index contributed by atoms with van der Waals surface area (Å²) in [6.45, 7) is 4.40. The van der Waals surface area contributed by atoms with Crippen LogP contribution in [0.1, 0.15) is 36.2 Å². The smallest absolute Gasteiger partial charge is 0.165 e. The van der Waals surface area contributed by atoms with E-state index in [0.717, 1.165) is 22.8 Å². The molecule has 0 aliphatic heterocycles. The first-order valence-electron chi connectivity index (χ1n) is 5.51. The van der Waals surface area contributed by atoms with Gasteiger partial charge in [0.25, 0.3) is 0 Å². The van der Waals surface area contributed by atoms with E-state index in [1.54, 1.807) is 14.2 Å². The van der Waals surface area contributed by atoms with Gasteiger partial charge in [0.2, 0.25) is 0 Å². The normalized spacial score (nSPS) is 21.2. The van der Waals surface area contributed by atoms with Crippen molar-refractivity contribution in [1.82, 2.24) is 0 Å². The number of benzene rings is 1. The van der Waals surface area contributed by atoms with E-state index in [-0.39, 0.29) is 10.2 Å². The molecular formula is C13H16BrClO2. The van der Waals surface area contributed by atoms with Crippen LogP contribution in [-0.2, 0) is 5.41 Å². The fourth-order valence-electron chi connectivity index (χ4n) is 2.63. The maximum absolute atomic E-state index is 6.38. The molecule has 2 nitrogen and oxygen atoms in total. The molecule has 0 amide bonds. The van der Waals surface area contributed by atoms with Gasteiger partial charge in [0.05, 0.1) is 14.2 Å². The highest BCUT2D eigenvalue weighted by atomic mass is 79.9. The largest absolute Gasteiger partial charge is 0.493 e. The van der Waals surface area contributed by atoms with Gasteiger partial charge in [-0.05, 0) is 17.4 Å². The number of alkyl halides is 1. The van der Waals surface area contributed by atoms with Crippen LogP contribution in [0.5, 0.6) is 11.5 Å². The van der Waals surface area contributed by atoms with Gasteiger partial charge < -0.3 is 9.47 Å². The second-order valence-corrected chi connectivity index (χ2v) is 6.45. The van der Waals surface area contributed by atoms with E-state index >= 15 is 0 Å². The molecule has 2 rings (SSSR count). The molecule has 1 unspecified atom stereocenters. The molecule has 17 heavy (non-hydrogen) atoms. The Morgan fingerprint density at radius 3 is 2.53 bits per heavy atom. The third-order valence-corrected chi connectivity index (χ3v) is 4.42.